The number of carbonyl (C=O) groups excluding carboxylic acids is 1. The van der Waals surface area contributed by atoms with Gasteiger partial charge >= 0.3 is 0 Å². The number of aromatic nitrogens is 2. The van der Waals surface area contributed by atoms with E-state index in [-0.39, 0.29) is 12.5 Å². The number of methoxy groups -OCH3 is 1. The molecule has 0 aliphatic carbocycles. The standard InChI is InChI=1S/C12H14N4O3/c1-7-15-10(19-16-7)6-14-12(17)11-8(13)4-3-5-9(11)18-2/h3-5H,6,13H2,1-2H3,(H,14,17). The lowest BCUT2D eigenvalue weighted by molar-refractivity contribution is 0.0944. The van der Waals surface area contributed by atoms with Crippen molar-refractivity contribution in [3.63, 3.8) is 0 Å². The van der Waals surface area contributed by atoms with Gasteiger partial charge in [0, 0.05) is 5.69 Å². The van der Waals surface area contributed by atoms with E-state index in [1.807, 2.05) is 0 Å². The van der Waals surface area contributed by atoms with Crippen molar-refractivity contribution in [3.8, 4) is 5.75 Å². The molecule has 7 nitrogen and oxygen atoms in total. The molecule has 2 rings (SSSR count). The van der Waals surface area contributed by atoms with Crippen LogP contribution in [0.3, 0.4) is 0 Å². The number of hydrogen-bond acceptors (Lipinski definition) is 6. The van der Waals surface area contributed by atoms with Crippen LogP contribution in [0.2, 0.25) is 0 Å². The zero-order valence-corrected chi connectivity index (χ0v) is 10.6. The highest BCUT2D eigenvalue weighted by molar-refractivity contribution is 6.01. The zero-order chi connectivity index (χ0) is 13.8. The van der Waals surface area contributed by atoms with E-state index in [0.29, 0.717) is 28.7 Å². The van der Waals surface area contributed by atoms with Gasteiger partial charge in [0.25, 0.3) is 5.91 Å². The molecule has 0 saturated heterocycles. The number of aryl methyl sites for hydroxylation is 1. The summed E-state index contributed by atoms with van der Waals surface area (Å²) in [5, 5.41) is 6.28. The van der Waals surface area contributed by atoms with Crippen LogP contribution in [0, 0.1) is 6.92 Å². The molecule has 0 bridgehead atoms. The van der Waals surface area contributed by atoms with Crippen molar-refractivity contribution >= 4 is 11.6 Å². The number of rotatable bonds is 4. The summed E-state index contributed by atoms with van der Waals surface area (Å²) in [6, 6.07) is 5.02. The smallest absolute Gasteiger partial charge is 0.257 e. The molecule has 1 aromatic heterocycles. The summed E-state index contributed by atoms with van der Waals surface area (Å²) in [5.74, 6) is 0.908. The molecule has 1 amide bonds. The topological polar surface area (TPSA) is 103 Å². The number of nitrogens with zero attached hydrogens (tertiary/aromatic N) is 2. The van der Waals surface area contributed by atoms with E-state index in [1.165, 1.54) is 7.11 Å². The minimum absolute atomic E-state index is 0.136. The third kappa shape index (κ3) is 2.82. The molecule has 7 heteroatoms. The molecule has 1 aromatic carbocycles. The number of nitrogens with two attached hydrogens (primary N) is 1. The van der Waals surface area contributed by atoms with Crippen molar-refractivity contribution in [1.29, 1.82) is 0 Å². The maximum atomic E-state index is 12.1. The molecule has 0 fully saturated rings. The molecule has 0 atom stereocenters. The SMILES string of the molecule is COc1cccc(N)c1C(=O)NCc1nc(C)no1. The summed E-state index contributed by atoms with van der Waals surface area (Å²) < 4.78 is 10.0. The van der Waals surface area contributed by atoms with Gasteiger partial charge in [-0.25, -0.2) is 0 Å². The van der Waals surface area contributed by atoms with Gasteiger partial charge in [-0.05, 0) is 19.1 Å². The Kier molecular flexibility index (Phi) is 3.65. The Morgan fingerprint density at radius 1 is 1.53 bits per heavy atom. The second kappa shape index (κ2) is 5.38. The molecule has 3 N–H and O–H groups in total. The van der Waals surface area contributed by atoms with Gasteiger partial charge in [-0.1, -0.05) is 11.2 Å². The highest BCUT2D eigenvalue weighted by atomic mass is 16.5. The van der Waals surface area contributed by atoms with E-state index < -0.39 is 0 Å². The van der Waals surface area contributed by atoms with E-state index in [1.54, 1.807) is 25.1 Å². The van der Waals surface area contributed by atoms with Gasteiger partial charge in [-0.3, -0.25) is 4.79 Å². The van der Waals surface area contributed by atoms with Crippen molar-refractivity contribution in [2.45, 2.75) is 13.5 Å². The lowest BCUT2D eigenvalue weighted by Gasteiger charge is -2.10. The van der Waals surface area contributed by atoms with Gasteiger partial charge in [-0.2, -0.15) is 4.98 Å². The van der Waals surface area contributed by atoms with Crippen LogP contribution in [0.4, 0.5) is 5.69 Å². The van der Waals surface area contributed by atoms with E-state index in [4.69, 9.17) is 15.0 Å². The Morgan fingerprint density at radius 3 is 2.95 bits per heavy atom. The minimum atomic E-state index is -0.356. The van der Waals surface area contributed by atoms with Crippen LogP contribution in [-0.2, 0) is 6.54 Å². The third-order valence-corrected chi connectivity index (χ3v) is 2.48. The first kappa shape index (κ1) is 12.9. The molecule has 19 heavy (non-hydrogen) atoms. The number of benzene rings is 1. The Balaban J connectivity index is 2.12. The average molecular weight is 262 g/mol. The fourth-order valence-electron chi connectivity index (χ4n) is 1.62. The monoisotopic (exact) mass is 262 g/mol. The maximum Gasteiger partial charge on any atom is 0.257 e. The molecule has 0 saturated carbocycles. The van der Waals surface area contributed by atoms with Gasteiger partial charge in [0.1, 0.15) is 11.3 Å². The number of hydrogen-bond donors (Lipinski definition) is 2. The lowest BCUT2D eigenvalue weighted by atomic mass is 10.1. The van der Waals surface area contributed by atoms with Crippen LogP contribution in [-0.4, -0.2) is 23.2 Å². The molecular formula is C12H14N4O3. The third-order valence-electron chi connectivity index (χ3n) is 2.48. The minimum Gasteiger partial charge on any atom is -0.496 e. The first-order valence-corrected chi connectivity index (χ1v) is 5.61. The molecule has 0 unspecified atom stereocenters. The summed E-state index contributed by atoms with van der Waals surface area (Å²) >= 11 is 0. The molecule has 2 aromatic rings. The van der Waals surface area contributed by atoms with Crippen molar-refractivity contribution in [3.05, 3.63) is 35.5 Å². The summed E-state index contributed by atoms with van der Waals surface area (Å²) in [6.45, 7) is 1.84. The van der Waals surface area contributed by atoms with Crippen LogP contribution >= 0.6 is 0 Å². The molecule has 100 valence electrons. The quantitative estimate of drug-likeness (QED) is 0.793. The molecular weight excluding hydrogens is 248 g/mol. The summed E-state index contributed by atoms with van der Waals surface area (Å²) in [7, 11) is 1.48. The van der Waals surface area contributed by atoms with Gasteiger partial charge < -0.3 is 20.3 Å². The van der Waals surface area contributed by atoms with Crippen LogP contribution < -0.4 is 15.8 Å². The Labute approximate surface area is 109 Å². The van der Waals surface area contributed by atoms with Crippen molar-refractivity contribution < 1.29 is 14.1 Å². The second-order valence-electron chi connectivity index (χ2n) is 3.84. The molecule has 0 radical (unpaired) electrons. The number of nitrogens with one attached hydrogen (secondary N) is 1. The van der Waals surface area contributed by atoms with Crippen molar-refractivity contribution in [1.82, 2.24) is 15.5 Å². The summed E-state index contributed by atoms with van der Waals surface area (Å²) in [4.78, 5) is 16.1. The van der Waals surface area contributed by atoms with Crippen LogP contribution in [0.15, 0.2) is 22.7 Å². The second-order valence-corrected chi connectivity index (χ2v) is 3.84. The van der Waals surface area contributed by atoms with Gasteiger partial charge in [0.05, 0.1) is 13.7 Å². The molecule has 0 aliphatic heterocycles. The number of amides is 1. The van der Waals surface area contributed by atoms with E-state index in [0.717, 1.165) is 0 Å². The predicted octanol–water partition coefficient (Wildman–Crippen LogP) is 0.899. The van der Waals surface area contributed by atoms with Gasteiger partial charge in [0.15, 0.2) is 5.82 Å². The Bertz CT molecular complexity index is 594. The largest absolute Gasteiger partial charge is 0.496 e. The van der Waals surface area contributed by atoms with Crippen molar-refractivity contribution in [2.75, 3.05) is 12.8 Å². The summed E-state index contributed by atoms with van der Waals surface area (Å²) in [5.41, 5.74) is 6.42. The number of carbonyl (C=O) groups is 1. The zero-order valence-electron chi connectivity index (χ0n) is 10.6. The van der Waals surface area contributed by atoms with Crippen LogP contribution in [0.5, 0.6) is 5.75 Å². The normalized spacial score (nSPS) is 10.2. The van der Waals surface area contributed by atoms with E-state index in [2.05, 4.69) is 15.5 Å². The number of ether oxygens (including phenoxy) is 1. The number of anilines is 1. The lowest BCUT2D eigenvalue weighted by Crippen LogP contribution is -2.24. The highest BCUT2D eigenvalue weighted by Gasteiger charge is 2.16. The van der Waals surface area contributed by atoms with Gasteiger partial charge in [-0.15, -0.1) is 0 Å². The van der Waals surface area contributed by atoms with Gasteiger partial charge in [0.2, 0.25) is 5.89 Å². The molecule has 0 spiro atoms. The average Bonchev–Trinajstić information content (AvgIpc) is 2.81. The first-order chi connectivity index (χ1) is 9.11. The maximum absolute atomic E-state index is 12.1. The van der Waals surface area contributed by atoms with Crippen LogP contribution in [0.1, 0.15) is 22.1 Å². The summed E-state index contributed by atoms with van der Waals surface area (Å²) in [6.07, 6.45) is 0. The Hall–Kier alpha value is -2.57. The molecule has 0 aliphatic rings. The number of nitrogen functional groups attached to an aromatic ring is 1. The van der Waals surface area contributed by atoms with Crippen LogP contribution in [0.25, 0.3) is 0 Å². The fraction of sp³-hybridized carbons (Fsp3) is 0.250. The highest BCUT2D eigenvalue weighted by Crippen LogP contribution is 2.23. The van der Waals surface area contributed by atoms with Crippen molar-refractivity contribution in [2.24, 2.45) is 0 Å². The van der Waals surface area contributed by atoms with E-state index >= 15 is 0 Å². The Morgan fingerprint density at radius 2 is 2.32 bits per heavy atom. The molecule has 1 heterocycles. The predicted molar refractivity (Wildman–Crippen MR) is 67.6 cm³/mol. The fourth-order valence-corrected chi connectivity index (χ4v) is 1.62. The van der Waals surface area contributed by atoms with E-state index in [9.17, 15) is 4.79 Å². The first-order valence-electron chi connectivity index (χ1n) is 5.61.